The number of amides is 1. The lowest BCUT2D eigenvalue weighted by molar-refractivity contribution is 0.0434. The third kappa shape index (κ3) is 4.99. The molecule has 2 aromatic rings. The number of halogens is 3. The molecule has 1 amide bonds. The lowest BCUT2D eigenvalue weighted by Crippen LogP contribution is -2.48. The van der Waals surface area contributed by atoms with E-state index in [-0.39, 0.29) is 5.82 Å². The molecule has 3 rings (SSSR count). The van der Waals surface area contributed by atoms with E-state index in [0.29, 0.717) is 17.7 Å². The van der Waals surface area contributed by atoms with Crippen LogP contribution >= 0.6 is 11.6 Å². The van der Waals surface area contributed by atoms with Crippen LogP contribution in [0.25, 0.3) is 0 Å². The number of rotatable bonds is 5. The highest BCUT2D eigenvalue weighted by atomic mass is 35.5. The summed E-state index contributed by atoms with van der Waals surface area (Å²) in [6.45, 7) is -10.8. The molecule has 1 saturated heterocycles. The number of hydrogen-bond acceptors (Lipinski definition) is 4. The van der Waals surface area contributed by atoms with Gasteiger partial charge in [0.2, 0.25) is 0 Å². The number of nitrogens with zero attached hydrogens (tertiary/aromatic N) is 3. The van der Waals surface area contributed by atoms with Crippen molar-refractivity contribution in [3.8, 4) is 0 Å². The molecule has 1 aromatic heterocycles. The Balaban J connectivity index is 2.10. The molecule has 1 aliphatic rings. The first-order chi connectivity index (χ1) is 16.7. The first-order valence-electron chi connectivity index (χ1n) is 12.8. The highest BCUT2D eigenvalue weighted by Gasteiger charge is 2.36. The van der Waals surface area contributed by atoms with Crippen LogP contribution in [0.5, 0.6) is 0 Å². The van der Waals surface area contributed by atoms with Crippen molar-refractivity contribution in [2.45, 2.75) is 31.9 Å². The highest BCUT2D eigenvalue weighted by molar-refractivity contribution is 6.31. The van der Waals surface area contributed by atoms with Crippen molar-refractivity contribution in [3.63, 3.8) is 0 Å². The average Bonchev–Trinajstić information content (AvgIpc) is 2.79. The van der Waals surface area contributed by atoms with Gasteiger partial charge in [0.1, 0.15) is 17.3 Å². The molecule has 0 saturated carbocycles. The third-order valence-corrected chi connectivity index (χ3v) is 3.65. The smallest absolute Gasteiger partial charge is 0.253 e. The van der Waals surface area contributed by atoms with E-state index in [1.165, 1.54) is 12.4 Å². The number of likely N-dealkylation sites (tertiary alicyclic amines) is 1. The minimum atomic E-state index is -4.33. The number of hydrogen-bond donors (Lipinski definition) is 1. The van der Waals surface area contributed by atoms with Gasteiger partial charge in [0, 0.05) is 62.6 Å². The Labute approximate surface area is 175 Å². The molecule has 1 aromatic carbocycles. The fourth-order valence-corrected chi connectivity index (χ4v) is 2.15. The molecule has 2 heterocycles. The molecule has 1 aliphatic heterocycles. The molecular weight excluding hydrogens is 374 g/mol. The van der Waals surface area contributed by atoms with Crippen molar-refractivity contribution in [1.82, 2.24) is 20.2 Å². The maximum absolute atomic E-state index is 16.6. The maximum atomic E-state index is 16.6. The topological polar surface area (TPSA) is 58.1 Å². The van der Waals surface area contributed by atoms with E-state index in [4.69, 9.17) is 25.3 Å². The van der Waals surface area contributed by atoms with E-state index in [0.717, 1.165) is 6.07 Å². The highest BCUT2D eigenvalue weighted by Crippen LogP contribution is 2.27. The van der Waals surface area contributed by atoms with Gasteiger partial charge in [-0.1, -0.05) is 11.6 Å². The largest absolute Gasteiger partial charge is 0.338 e. The summed E-state index contributed by atoms with van der Waals surface area (Å²) in [6.07, 6.45) is -5.56. The molecule has 0 spiro atoms. The Kier molecular flexibility index (Phi) is 3.19. The van der Waals surface area contributed by atoms with Gasteiger partial charge in [0.15, 0.2) is 0 Å². The zero-order chi connectivity index (χ0) is 28.4. The molecular formula is C19H21ClF2N4O. The van der Waals surface area contributed by atoms with E-state index >= 15 is 4.39 Å². The van der Waals surface area contributed by atoms with Gasteiger partial charge in [-0.05, 0) is 30.7 Å². The fraction of sp³-hybridized carbons (Fsp3) is 0.421. The minimum Gasteiger partial charge on any atom is -0.338 e. The van der Waals surface area contributed by atoms with Crippen molar-refractivity contribution >= 4 is 17.5 Å². The normalized spacial score (nSPS) is 31.6. The summed E-state index contributed by atoms with van der Waals surface area (Å²) in [4.78, 5) is 20.3. The van der Waals surface area contributed by atoms with Crippen molar-refractivity contribution in [2.24, 2.45) is 0 Å². The molecule has 0 radical (unpaired) electrons. The molecule has 8 heteroatoms. The summed E-state index contributed by atoms with van der Waals surface area (Å²) in [7, 11) is 0. The second kappa shape index (κ2) is 8.27. The zero-order valence-electron chi connectivity index (χ0n) is 23.9. The van der Waals surface area contributed by atoms with Crippen molar-refractivity contribution < 1.29 is 27.3 Å². The Morgan fingerprint density at radius 3 is 2.70 bits per heavy atom. The number of piperidine rings is 1. The van der Waals surface area contributed by atoms with Gasteiger partial charge >= 0.3 is 0 Å². The Morgan fingerprint density at radius 1 is 1.41 bits per heavy atom. The van der Waals surface area contributed by atoms with Crippen molar-refractivity contribution in [3.05, 3.63) is 58.4 Å². The van der Waals surface area contributed by atoms with E-state index in [9.17, 15) is 9.18 Å². The summed E-state index contributed by atoms with van der Waals surface area (Å²) < 4.78 is 113. The monoisotopic (exact) mass is 404 g/mol. The van der Waals surface area contributed by atoms with Gasteiger partial charge in [-0.25, -0.2) is 18.7 Å². The van der Waals surface area contributed by atoms with Gasteiger partial charge < -0.3 is 10.2 Å². The summed E-state index contributed by atoms with van der Waals surface area (Å²) in [6, 6.07) is 2.20. The van der Waals surface area contributed by atoms with Crippen LogP contribution in [0.15, 0.2) is 30.6 Å². The molecule has 5 nitrogen and oxygen atoms in total. The Hall–Kier alpha value is -2.12. The number of nitrogens with one attached hydrogen (secondary N) is 1. The molecule has 0 aliphatic carbocycles. The maximum Gasteiger partial charge on any atom is 0.253 e. The van der Waals surface area contributed by atoms with Gasteiger partial charge in [0.05, 0.1) is 12.9 Å². The SMILES string of the molecule is [2H]C(NC([2H])C1(F)C([2H])([2H])C([2H])([2H])N(C(=O)c2ccc(F)c(Cl)c2)C([2H])([2H])C1([2H])[2H])c1ncc(C)cn1. The van der Waals surface area contributed by atoms with Gasteiger partial charge in [-0.15, -0.1) is 0 Å². The second-order valence-corrected chi connectivity index (χ2v) is 5.94. The second-order valence-electron chi connectivity index (χ2n) is 5.53. The first kappa shape index (κ1) is 10.4. The predicted octanol–water partition coefficient (Wildman–Crippen LogP) is 3.31. The summed E-state index contributed by atoms with van der Waals surface area (Å²) in [5.74, 6) is -2.91. The number of carbonyl (C=O) groups is 1. The quantitative estimate of drug-likeness (QED) is 0.830. The van der Waals surface area contributed by atoms with Crippen LogP contribution in [-0.2, 0) is 6.52 Å². The lowest BCUT2D eigenvalue weighted by atomic mass is 9.92. The van der Waals surface area contributed by atoms with E-state index < -0.39 is 71.7 Å². The number of aromatic nitrogens is 2. The molecule has 1 N–H and O–H groups in total. The van der Waals surface area contributed by atoms with Gasteiger partial charge in [-0.2, -0.15) is 0 Å². The van der Waals surface area contributed by atoms with Crippen LogP contribution in [0, 0.1) is 12.7 Å². The Bertz CT molecular complexity index is 1180. The summed E-state index contributed by atoms with van der Waals surface area (Å²) in [5, 5.41) is 1.35. The number of alkyl halides is 1. The zero-order valence-corrected chi connectivity index (χ0v) is 14.7. The molecule has 27 heavy (non-hydrogen) atoms. The number of benzene rings is 1. The molecule has 1 fully saturated rings. The van der Waals surface area contributed by atoms with E-state index in [1.54, 1.807) is 6.92 Å². The third-order valence-electron chi connectivity index (χ3n) is 3.36. The van der Waals surface area contributed by atoms with E-state index in [2.05, 4.69) is 9.97 Å². The molecule has 144 valence electrons. The fourth-order valence-electron chi connectivity index (χ4n) is 1.97. The van der Waals surface area contributed by atoms with Gasteiger partial charge in [0.25, 0.3) is 5.91 Å². The number of carbonyl (C=O) groups excluding carboxylic acids is 1. The summed E-state index contributed by atoms with van der Waals surface area (Å²) in [5.41, 5.74) is -4.34. The van der Waals surface area contributed by atoms with Crippen LogP contribution in [-0.4, -0.2) is 46.0 Å². The summed E-state index contributed by atoms with van der Waals surface area (Å²) >= 11 is 5.64. The van der Waals surface area contributed by atoms with Crippen LogP contribution in [0.3, 0.4) is 0 Å². The van der Waals surface area contributed by atoms with E-state index in [1.807, 2.05) is 5.32 Å². The molecule has 2 atom stereocenters. The predicted molar refractivity (Wildman–Crippen MR) is 98.9 cm³/mol. The number of aryl methyl sites for hydroxylation is 1. The van der Waals surface area contributed by atoms with Crippen molar-refractivity contribution in [2.75, 3.05) is 19.5 Å². The van der Waals surface area contributed by atoms with Crippen LogP contribution < -0.4 is 5.32 Å². The van der Waals surface area contributed by atoms with Crippen LogP contribution in [0.1, 0.15) is 48.2 Å². The van der Waals surface area contributed by atoms with Crippen LogP contribution in [0.2, 0.25) is 5.02 Å². The lowest BCUT2D eigenvalue weighted by Gasteiger charge is -2.36. The molecule has 0 bridgehead atoms. The van der Waals surface area contributed by atoms with Gasteiger partial charge in [-0.3, -0.25) is 4.79 Å². The first-order valence-corrected chi connectivity index (χ1v) is 8.00. The molecule has 2 unspecified atom stereocenters. The minimum absolute atomic E-state index is 0.292. The Morgan fingerprint density at radius 2 is 2.07 bits per heavy atom. The van der Waals surface area contributed by atoms with Crippen molar-refractivity contribution in [1.29, 1.82) is 0 Å². The standard InChI is InChI=1S/C19H21ClF2N4O/c1-13-9-24-17(25-10-13)11-23-12-19(22)4-6-26(7-5-19)18(27)14-2-3-16(21)15(20)8-14/h2-3,8-10,23H,4-7,11-12H2,1H3/i4D2,5D2,6D2,7D2,11D,12D. The average molecular weight is 405 g/mol. The van der Waals surface area contributed by atoms with Crippen LogP contribution in [0.4, 0.5) is 8.78 Å².